The first-order valence-electron chi connectivity index (χ1n) is 9.63. The van der Waals surface area contributed by atoms with E-state index in [-0.39, 0.29) is 24.0 Å². The van der Waals surface area contributed by atoms with Crippen LogP contribution in [0.3, 0.4) is 0 Å². The summed E-state index contributed by atoms with van der Waals surface area (Å²) in [6.07, 6.45) is 3.09. The Hall–Kier alpha value is -2.10. The molecule has 144 valence electrons. The van der Waals surface area contributed by atoms with Crippen molar-refractivity contribution >= 4 is 40.6 Å². The van der Waals surface area contributed by atoms with E-state index in [0.29, 0.717) is 16.5 Å². The van der Waals surface area contributed by atoms with Crippen molar-refractivity contribution in [3.8, 4) is 0 Å². The molecule has 1 heterocycles. The van der Waals surface area contributed by atoms with Crippen molar-refractivity contribution in [3.63, 3.8) is 0 Å². The number of amides is 1. The molecule has 0 spiro atoms. The average Bonchev–Trinajstić information content (AvgIpc) is 2.69. The van der Waals surface area contributed by atoms with E-state index in [1.807, 2.05) is 30.3 Å². The maximum Gasteiger partial charge on any atom is 0.232 e. The molecule has 28 heavy (non-hydrogen) atoms. The van der Waals surface area contributed by atoms with E-state index in [9.17, 15) is 9.59 Å². The van der Waals surface area contributed by atoms with Crippen LogP contribution < -0.4 is 4.90 Å². The number of nitrogens with zero attached hydrogens (tertiary/aromatic N) is 1. The van der Waals surface area contributed by atoms with Gasteiger partial charge in [0.1, 0.15) is 0 Å². The van der Waals surface area contributed by atoms with Crippen LogP contribution in [0.25, 0.3) is 0 Å². The van der Waals surface area contributed by atoms with Gasteiger partial charge >= 0.3 is 0 Å². The smallest absolute Gasteiger partial charge is 0.232 e. The highest BCUT2D eigenvalue weighted by molar-refractivity contribution is 6.42. The van der Waals surface area contributed by atoms with Crippen LogP contribution in [0.2, 0.25) is 10.0 Å². The number of allylic oxidation sites excluding steroid dienone is 2. The fraction of sp³-hybridized carbons (Fsp3) is 0.304. The number of hydrogen-bond donors (Lipinski definition) is 0. The Bertz CT molecular complexity index is 996. The zero-order valence-corrected chi connectivity index (χ0v) is 17.2. The molecule has 3 nitrogen and oxygen atoms in total. The first-order valence-corrected chi connectivity index (χ1v) is 10.4. The molecule has 5 heteroatoms. The van der Waals surface area contributed by atoms with E-state index in [1.54, 1.807) is 17.0 Å². The van der Waals surface area contributed by atoms with Crippen LogP contribution >= 0.6 is 23.2 Å². The quantitative estimate of drug-likeness (QED) is 0.610. The van der Waals surface area contributed by atoms with E-state index in [2.05, 4.69) is 6.92 Å². The third kappa shape index (κ3) is 3.27. The Kier molecular flexibility index (Phi) is 5.31. The number of ketones is 1. The van der Waals surface area contributed by atoms with Crippen molar-refractivity contribution < 1.29 is 9.59 Å². The van der Waals surface area contributed by atoms with Gasteiger partial charge in [0.15, 0.2) is 5.78 Å². The second kappa shape index (κ2) is 7.73. The van der Waals surface area contributed by atoms with Gasteiger partial charge in [-0.2, -0.15) is 0 Å². The third-order valence-corrected chi connectivity index (χ3v) is 6.37. The SMILES string of the molecule is CCc1ccccc1N1C(=O)CC(c2ccc(Cl)c(Cl)c2)C2=C1CCCC2=O. The van der Waals surface area contributed by atoms with Crippen molar-refractivity contribution in [2.24, 2.45) is 0 Å². The molecule has 1 amide bonds. The molecular weight excluding hydrogens is 393 g/mol. The Morgan fingerprint density at radius 3 is 2.57 bits per heavy atom. The van der Waals surface area contributed by atoms with Gasteiger partial charge in [-0.05, 0) is 48.6 Å². The van der Waals surface area contributed by atoms with E-state index >= 15 is 0 Å². The van der Waals surface area contributed by atoms with E-state index in [4.69, 9.17) is 23.2 Å². The molecule has 0 bridgehead atoms. The van der Waals surface area contributed by atoms with Crippen molar-refractivity contribution in [3.05, 3.63) is 74.9 Å². The molecule has 1 unspecified atom stereocenters. The zero-order valence-electron chi connectivity index (χ0n) is 15.7. The van der Waals surface area contributed by atoms with Gasteiger partial charge in [-0.1, -0.05) is 54.4 Å². The molecular formula is C23H21Cl2NO2. The number of carbonyl (C=O) groups is 2. The standard InChI is InChI=1S/C23H21Cl2NO2/c1-2-14-6-3-4-7-19(14)26-20-8-5-9-21(27)23(20)16(13-22(26)28)15-10-11-17(24)18(25)12-15/h3-4,6-7,10-12,16H,2,5,8-9,13H2,1H3. The lowest BCUT2D eigenvalue weighted by Gasteiger charge is -2.39. The summed E-state index contributed by atoms with van der Waals surface area (Å²) in [6.45, 7) is 2.08. The lowest BCUT2D eigenvalue weighted by molar-refractivity contribution is -0.119. The minimum Gasteiger partial charge on any atom is -0.294 e. The van der Waals surface area contributed by atoms with Crippen molar-refractivity contribution in [1.29, 1.82) is 0 Å². The topological polar surface area (TPSA) is 37.4 Å². The first-order chi connectivity index (χ1) is 13.5. The molecule has 2 aromatic rings. The van der Waals surface area contributed by atoms with Crippen LogP contribution in [0, 0.1) is 0 Å². The van der Waals surface area contributed by atoms with Crippen molar-refractivity contribution in [2.45, 2.75) is 44.9 Å². The van der Waals surface area contributed by atoms with Crippen molar-refractivity contribution in [2.75, 3.05) is 4.90 Å². The van der Waals surface area contributed by atoms with Gasteiger partial charge in [-0.15, -0.1) is 0 Å². The highest BCUT2D eigenvalue weighted by Gasteiger charge is 2.40. The van der Waals surface area contributed by atoms with Gasteiger partial charge in [0.2, 0.25) is 5.91 Å². The Balaban J connectivity index is 1.88. The maximum atomic E-state index is 13.3. The number of benzene rings is 2. The minimum atomic E-state index is -0.268. The Labute approximate surface area is 174 Å². The summed E-state index contributed by atoms with van der Waals surface area (Å²) < 4.78 is 0. The fourth-order valence-corrected chi connectivity index (χ4v) is 4.62. The molecule has 0 aromatic heterocycles. The molecule has 0 fully saturated rings. The van der Waals surface area contributed by atoms with Gasteiger partial charge < -0.3 is 0 Å². The van der Waals surface area contributed by atoms with Gasteiger partial charge in [0.25, 0.3) is 0 Å². The van der Waals surface area contributed by atoms with Crippen LogP contribution in [-0.4, -0.2) is 11.7 Å². The number of hydrogen-bond acceptors (Lipinski definition) is 2. The summed E-state index contributed by atoms with van der Waals surface area (Å²) in [7, 11) is 0. The normalized spacial score (nSPS) is 19.8. The summed E-state index contributed by atoms with van der Waals surface area (Å²) >= 11 is 12.3. The summed E-state index contributed by atoms with van der Waals surface area (Å²) in [5.74, 6) is -0.121. The number of carbonyl (C=O) groups excluding carboxylic acids is 2. The second-order valence-corrected chi connectivity index (χ2v) is 8.09. The van der Waals surface area contributed by atoms with Crippen LogP contribution in [0.4, 0.5) is 5.69 Å². The molecule has 4 rings (SSSR count). The van der Waals surface area contributed by atoms with Gasteiger partial charge in [0.05, 0.1) is 15.7 Å². The number of aryl methyl sites for hydroxylation is 1. The summed E-state index contributed by atoms with van der Waals surface area (Å²) in [5, 5.41) is 0.908. The largest absolute Gasteiger partial charge is 0.294 e. The fourth-order valence-electron chi connectivity index (χ4n) is 4.31. The molecule has 2 aliphatic rings. The summed E-state index contributed by atoms with van der Waals surface area (Å²) in [5.41, 5.74) is 4.48. The molecule has 1 aliphatic heterocycles. The van der Waals surface area contributed by atoms with Crippen LogP contribution in [0.1, 0.15) is 49.7 Å². The second-order valence-electron chi connectivity index (χ2n) is 7.28. The molecule has 2 aromatic carbocycles. The Morgan fingerprint density at radius 2 is 1.82 bits per heavy atom. The minimum absolute atomic E-state index is 0.0189. The Morgan fingerprint density at radius 1 is 1.04 bits per heavy atom. The van der Waals surface area contributed by atoms with Crippen LogP contribution in [0.15, 0.2) is 53.7 Å². The average molecular weight is 414 g/mol. The highest BCUT2D eigenvalue weighted by atomic mass is 35.5. The molecule has 0 saturated carbocycles. The number of halogens is 2. The van der Waals surface area contributed by atoms with E-state index < -0.39 is 0 Å². The lowest BCUT2D eigenvalue weighted by atomic mass is 9.77. The predicted octanol–water partition coefficient (Wildman–Crippen LogP) is 6.08. The predicted molar refractivity (Wildman–Crippen MR) is 113 cm³/mol. The first kappa shape index (κ1) is 19.2. The van der Waals surface area contributed by atoms with E-state index in [1.165, 1.54) is 0 Å². The third-order valence-electron chi connectivity index (χ3n) is 5.63. The molecule has 0 radical (unpaired) electrons. The number of para-hydroxylation sites is 1. The molecule has 0 saturated heterocycles. The zero-order chi connectivity index (χ0) is 19.8. The molecule has 0 N–H and O–H groups in total. The highest BCUT2D eigenvalue weighted by Crippen LogP contribution is 2.44. The maximum absolute atomic E-state index is 13.3. The monoisotopic (exact) mass is 413 g/mol. The van der Waals surface area contributed by atoms with E-state index in [0.717, 1.165) is 47.3 Å². The van der Waals surface area contributed by atoms with Crippen LogP contribution in [-0.2, 0) is 16.0 Å². The van der Waals surface area contributed by atoms with Gasteiger partial charge in [0, 0.05) is 30.0 Å². The molecule has 1 aliphatic carbocycles. The number of Topliss-reactive ketones (excluding diaryl/α,β-unsaturated/α-hetero) is 1. The summed E-state index contributed by atoms with van der Waals surface area (Å²) in [6, 6.07) is 13.3. The number of anilines is 1. The van der Waals surface area contributed by atoms with Crippen LogP contribution in [0.5, 0.6) is 0 Å². The lowest BCUT2D eigenvalue weighted by Crippen LogP contribution is -2.41. The molecule has 1 atom stereocenters. The number of rotatable bonds is 3. The summed E-state index contributed by atoms with van der Waals surface area (Å²) in [4.78, 5) is 28.0. The van der Waals surface area contributed by atoms with Gasteiger partial charge in [-0.3, -0.25) is 14.5 Å². The van der Waals surface area contributed by atoms with Gasteiger partial charge in [-0.25, -0.2) is 0 Å². The van der Waals surface area contributed by atoms with Crippen molar-refractivity contribution in [1.82, 2.24) is 0 Å².